The van der Waals surface area contributed by atoms with Gasteiger partial charge in [0, 0.05) is 12.7 Å². The first kappa shape index (κ1) is 11.8. The first-order valence-electron chi connectivity index (χ1n) is 4.61. The first-order chi connectivity index (χ1) is 7.28. The lowest BCUT2D eigenvalue weighted by molar-refractivity contribution is 0.180. The van der Waals surface area contributed by atoms with Crippen LogP contribution in [0.5, 0.6) is 11.5 Å². The van der Waals surface area contributed by atoms with Crippen LogP contribution in [0.4, 0.5) is 0 Å². The van der Waals surface area contributed by atoms with Crippen molar-refractivity contribution in [2.24, 2.45) is 0 Å². The van der Waals surface area contributed by atoms with E-state index in [4.69, 9.17) is 14.2 Å². The first-order valence-corrected chi connectivity index (χ1v) is 4.61. The van der Waals surface area contributed by atoms with Crippen LogP contribution in [0.25, 0.3) is 0 Å². The Balaban J connectivity index is 3.21. The summed E-state index contributed by atoms with van der Waals surface area (Å²) < 4.78 is 15.4. The van der Waals surface area contributed by atoms with Crippen LogP contribution in [0.1, 0.15) is 11.1 Å². The molecule has 0 aromatic heterocycles. The van der Waals surface area contributed by atoms with Crippen molar-refractivity contribution >= 4 is 0 Å². The third-order valence-corrected chi connectivity index (χ3v) is 2.20. The quantitative estimate of drug-likeness (QED) is 0.800. The van der Waals surface area contributed by atoms with E-state index in [1.165, 1.54) is 0 Å². The second-order valence-corrected chi connectivity index (χ2v) is 3.03. The molecule has 0 spiro atoms. The third kappa shape index (κ3) is 2.40. The zero-order valence-electron chi connectivity index (χ0n) is 9.24. The van der Waals surface area contributed by atoms with Crippen LogP contribution < -0.4 is 9.47 Å². The van der Waals surface area contributed by atoms with Gasteiger partial charge in [-0.2, -0.15) is 0 Å². The van der Waals surface area contributed by atoms with E-state index >= 15 is 0 Å². The molecule has 1 rings (SSSR count). The molecule has 0 saturated carbocycles. The zero-order chi connectivity index (χ0) is 11.3. The molecule has 0 unspecified atom stereocenters. The second kappa shape index (κ2) is 5.58. The number of aliphatic hydroxyl groups is 1. The minimum Gasteiger partial charge on any atom is -0.493 e. The molecule has 0 fully saturated rings. The van der Waals surface area contributed by atoms with Gasteiger partial charge in [0.25, 0.3) is 0 Å². The highest BCUT2D eigenvalue weighted by atomic mass is 16.5. The lowest BCUT2D eigenvalue weighted by Gasteiger charge is -2.14. The van der Waals surface area contributed by atoms with Gasteiger partial charge in [0.15, 0.2) is 11.5 Å². The Morgan fingerprint density at radius 3 is 2.33 bits per heavy atom. The van der Waals surface area contributed by atoms with Crippen LogP contribution in [0.2, 0.25) is 0 Å². The van der Waals surface area contributed by atoms with Crippen molar-refractivity contribution in [2.75, 3.05) is 21.3 Å². The maximum Gasteiger partial charge on any atom is 0.166 e. The Morgan fingerprint density at radius 2 is 1.87 bits per heavy atom. The molecule has 0 bridgehead atoms. The molecule has 4 nitrogen and oxygen atoms in total. The molecule has 0 heterocycles. The van der Waals surface area contributed by atoms with E-state index in [0.717, 1.165) is 5.56 Å². The fourth-order valence-corrected chi connectivity index (χ4v) is 1.50. The topological polar surface area (TPSA) is 47.9 Å². The third-order valence-electron chi connectivity index (χ3n) is 2.20. The van der Waals surface area contributed by atoms with E-state index < -0.39 is 0 Å². The number of rotatable bonds is 5. The number of methoxy groups -OCH3 is 3. The van der Waals surface area contributed by atoms with Crippen molar-refractivity contribution in [1.29, 1.82) is 0 Å². The van der Waals surface area contributed by atoms with Gasteiger partial charge in [-0.15, -0.1) is 0 Å². The van der Waals surface area contributed by atoms with E-state index in [2.05, 4.69) is 0 Å². The molecule has 15 heavy (non-hydrogen) atoms. The highest BCUT2D eigenvalue weighted by molar-refractivity contribution is 5.50. The smallest absolute Gasteiger partial charge is 0.166 e. The molecule has 0 amide bonds. The number of ether oxygens (including phenoxy) is 3. The van der Waals surface area contributed by atoms with Gasteiger partial charge >= 0.3 is 0 Å². The van der Waals surface area contributed by atoms with Crippen molar-refractivity contribution < 1.29 is 19.3 Å². The van der Waals surface area contributed by atoms with Crippen LogP contribution in [0, 0.1) is 0 Å². The van der Waals surface area contributed by atoms with Crippen molar-refractivity contribution in [2.45, 2.75) is 13.2 Å². The summed E-state index contributed by atoms with van der Waals surface area (Å²) in [5.74, 6) is 1.18. The molecule has 0 radical (unpaired) electrons. The summed E-state index contributed by atoms with van der Waals surface area (Å²) in [4.78, 5) is 0. The minimum atomic E-state index is -0.0981. The van der Waals surface area contributed by atoms with Crippen LogP contribution in [0.15, 0.2) is 12.1 Å². The Hall–Kier alpha value is -1.26. The Bertz CT molecular complexity index is 323. The largest absolute Gasteiger partial charge is 0.493 e. The molecular weight excluding hydrogens is 196 g/mol. The molecule has 0 atom stereocenters. The Morgan fingerprint density at radius 1 is 1.13 bits per heavy atom. The molecule has 0 saturated heterocycles. The van der Waals surface area contributed by atoms with Crippen LogP contribution in [-0.4, -0.2) is 26.4 Å². The summed E-state index contributed by atoms with van der Waals surface area (Å²) in [5.41, 5.74) is 1.61. The average molecular weight is 212 g/mol. The maximum atomic E-state index is 9.29. The SMILES string of the molecule is COCc1ccc(OC)c(OC)c1CO. The molecular formula is C11H16O4. The van der Waals surface area contributed by atoms with Gasteiger partial charge in [0.1, 0.15) is 0 Å². The summed E-state index contributed by atoms with van der Waals surface area (Å²) in [6.07, 6.45) is 0. The van der Waals surface area contributed by atoms with Gasteiger partial charge in [0.05, 0.1) is 27.4 Å². The molecule has 0 aliphatic heterocycles. The van der Waals surface area contributed by atoms with Crippen LogP contribution in [0.3, 0.4) is 0 Å². The molecule has 84 valence electrons. The molecule has 0 aliphatic carbocycles. The molecule has 1 aromatic carbocycles. The van der Waals surface area contributed by atoms with E-state index in [0.29, 0.717) is 23.7 Å². The van der Waals surface area contributed by atoms with Gasteiger partial charge in [-0.05, 0) is 11.6 Å². The summed E-state index contributed by atoms with van der Waals surface area (Å²) in [5, 5.41) is 9.29. The number of benzene rings is 1. The fraction of sp³-hybridized carbons (Fsp3) is 0.455. The average Bonchev–Trinajstić information content (AvgIpc) is 2.28. The van der Waals surface area contributed by atoms with Crippen LogP contribution >= 0.6 is 0 Å². The van der Waals surface area contributed by atoms with Crippen LogP contribution in [-0.2, 0) is 18.0 Å². The highest BCUT2D eigenvalue weighted by Crippen LogP contribution is 2.33. The van der Waals surface area contributed by atoms with Gasteiger partial charge < -0.3 is 19.3 Å². The van der Waals surface area contributed by atoms with Gasteiger partial charge in [0.2, 0.25) is 0 Å². The van der Waals surface area contributed by atoms with Crippen molar-refractivity contribution in [3.05, 3.63) is 23.3 Å². The fourth-order valence-electron chi connectivity index (χ4n) is 1.50. The molecule has 4 heteroatoms. The van der Waals surface area contributed by atoms with E-state index in [1.54, 1.807) is 27.4 Å². The number of hydrogen-bond acceptors (Lipinski definition) is 4. The highest BCUT2D eigenvalue weighted by Gasteiger charge is 2.13. The van der Waals surface area contributed by atoms with E-state index in [9.17, 15) is 5.11 Å². The summed E-state index contributed by atoms with van der Waals surface area (Å²) in [6.45, 7) is 0.343. The van der Waals surface area contributed by atoms with Crippen molar-refractivity contribution in [3.8, 4) is 11.5 Å². The Labute approximate surface area is 89.4 Å². The van der Waals surface area contributed by atoms with Crippen molar-refractivity contribution in [1.82, 2.24) is 0 Å². The standard InChI is InChI=1S/C11H16O4/c1-13-7-8-4-5-10(14-2)11(15-3)9(8)6-12/h4-5,12H,6-7H2,1-3H3. The maximum absolute atomic E-state index is 9.29. The minimum absolute atomic E-state index is 0.0981. The Kier molecular flexibility index (Phi) is 4.39. The van der Waals surface area contributed by atoms with Gasteiger partial charge in [-0.1, -0.05) is 6.07 Å². The summed E-state index contributed by atoms with van der Waals surface area (Å²) in [7, 11) is 4.72. The monoisotopic (exact) mass is 212 g/mol. The molecule has 1 N–H and O–H groups in total. The van der Waals surface area contributed by atoms with Crippen molar-refractivity contribution in [3.63, 3.8) is 0 Å². The van der Waals surface area contributed by atoms with E-state index in [1.807, 2.05) is 6.07 Å². The predicted octanol–water partition coefficient (Wildman–Crippen LogP) is 1.34. The predicted molar refractivity (Wildman–Crippen MR) is 56.2 cm³/mol. The molecule has 1 aromatic rings. The zero-order valence-corrected chi connectivity index (χ0v) is 9.24. The van der Waals surface area contributed by atoms with Gasteiger partial charge in [-0.25, -0.2) is 0 Å². The number of hydrogen-bond donors (Lipinski definition) is 1. The summed E-state index contributed by atoms with van der Waals surface area (Å²) >= 11 is 0. The number of aliphatic hydroxyl groups excluding tert-OH is 1. The molecule has 0 aliphatic rings. The van der Waals surface area contributed by atoms with Gasteiger partial charge in [-0.3, -0.25) is 0 Å². The summed E-state index contributed by atoms with van der Waals surface area (Å²) in [6, 6.07) is 3.66. The van der Waals surface area contributed by atoms with E-state index in [-0.39, 0.29) is 6.61 Å². The lowest BCUT2D eigenvalue weighted by atomic mass is 10.1. The second-order valence-electron chi connectivity index (χ2n) is 3.03. The lowest BCUT2D eigenvalue weighted by Crippen LogP contribution is -2.01. The normalized spacial score (nSPS) is 10.1.